The van der Waals surface area contributed by atoms with Crippen LogP contribution in [0.5, 0.6) is 0 Å². The van der Waals surface area contributed by atoms with Crippen molar-refractivity contribution in [2.24, 2.45) is 12.8 Å². The highest BCUT2D eigenvalue weighted by Crippen LogP contribution is 2.22. The van der Waals surface area contributed by atoms with Crippen LogP contribution in [0.15, 0.2) is 36.8 Å². The molecule has 168 valence electrons. The maximum absolute atomic E-state index is 6.10. The zero-order valence-electron chi connectivity index (χ0n) is 20.0. The molecule has 0 saturated heterocycles. The average molecular weight is 413 g/mol. The van der Waals surface area contributed by atoms with Gasteiger partial charge in [-0.25, -0.2) is 4.98 Å². The summed E-state index contributed by atoms with van der Waals surface area (Å²) in [4.78, 5) is 6.57. The Morgan fingerprint density at radius 3 is 2.53 bits per heavy atom. The lowest BCUT2D eigenvalue weighted by Crippen LogP contribution is -2.32. The first-order chi connectivity index (χ1) is 14.4. The first-order valence-corrected chi connectivity index (χ1v) is 11.8. The summed E-state index contributed by atoms with van der Waals surface area (Å²) in [5, 5.41) is 0. The van der Waals surface area contributed by atoms with E-state index in [0.29, 0.717) is 12.0 Å². The van der Waals surface area contributed by atoms with Gasteiger partial charge in [0.05, 0.1) is 12.0 Å². The number of aromatic nitrogens is 2. The van der Waals surface area contributed by atoms with E-state index in [1.165, 1.54) is 63.5 Å². The highest BCUT2D eigenvalue weighted by molar-refractivity contribution is 5.29. The van der Waals surface area contributed by atoms with Crippen LogP contribution < -0.4 is 5.73 Å². The zero-order chi connectivity index (χ0) is 21.9. The molecule has 2 N–H and O–H groups in total. The number of hydrogen-bond acceptors (Lipinski definition) is 3. The Morgan fingerprint density at radius 1 is 1.13 bits per heavy atom. The highest BCUT2D eigenvalue weighted by Gasteiger charge is 2.19. The molecule has 1 aliphatic rings. The minimum absolute atomic E-state index is 0.445. The standard InChI is InChI=1S/C21H36N2.C5H8N2/c1-17(2)21-13-5-4-9-18(21)10-6-7-16-23(3)20-12-8-11-19(22)14-15-20;1-5-3-7(2)4-6-5/h4-5,9,13,17,19-20H,6-8,10-12,14-16,22H2,1-3H3;3-4H,1-2H3. The second-order valence-electron chi connectivity index (χ2n) is 9.39. The normalized spacial score (nSPS) is 19.5. The van der Waals surface area contributed by atoms with Crippen LogP contribution in [0.1, 0.15) is 81.5 Å². The van der Waals surface area contributed by atoms with Gasteiger partial charge in [-0.1, -0.05) is 44.5 Å². The third-order valence-electron chi connectivity index (χ3n) is 6.32. The largest absolute Gasteiger partial charge is 0.340 e. The molecule has 2 aromatic rings. The quantitative estimate of drug-likeness (QED) is 0.486. The van der Waals surface area contributed by atoms with Gasteiger partial charge < -0.3 is 15.2 Å². The van der Waals surface area contributed by atoms with Gasteiger partial charge in [0.25, 0.3) is 0 Å². The predicted molar refractivity (Wildman–Crippen MR) is 129 cm³/mol. The Balaban J connectivity index is 0.000000386. The maximum atomic E-state index is 6.10. The van der Waals surface area contributed by atoms with Crippen LogP contribution in [-0.2, 0) is 13.5 Å². The Bertz CT molecular complexity index is 705. The summed E-state index contributed by atoms with van der Waals surface area (Å²) >= 11 is 0. The van der Waals surface area contributed by atoms with Gasteiger partial charge in [-0.15, -0.1) is 0 Å². The molecule has 0 radical (unpaired) electrons. The molecule has 0 bridgehead atoms. The number of nitrogens with two attached hydrogens (primary N) is 1. The summed E-state index contributed by atoms with van der Waals surface area (Å²) < 4.78 is 1.93. The molecule has 2 unspecified atom stereocenters. The second kappa shape index (κ2) is 12.9. The van der Waals surface area contributed by atoms with E-state index in [1.807, 2.05) is 24.7 Å². The van der Waals surface area contributed by atoms with Gasteiger partial charge in [0, 0.05) is 25.3 Å². The monoisotopic (exact) mass is 412 g/mol. The first-order valence-electron chi connectivity index (χ1n) is 11.8. The van der Waals surface area contributed by atoms with Crippen molar-refractivity contribution in [3.8, 4) is 0 Å². The fraction of sp³-hybridized carbons (Fsp3) is 0.654. The van der Waals surface area contributed by atoms with Crippen molar-refractivity contribution in [3.05, 3.63) is 53.6 Å². The minimum atomic E-state index is 0.445. The number of benzene rings is 1. The molecule has 0 aliphatic heterocycles. The molecule has 1 heterocycles. The molecule has 2 atom stereocenters. The molecule has 1 aromatic carbocycles. The fourth-order valence-electron chi connectivity index (χ4n) is 4.48. The van der Waals surface area contributed by atoms with Crippen molar-refractivity contribution in [3.63, 3.8) is 0 Å². The molecule has 30 heavy (non-hydrogen) atoms. The van der Waals surface area contributed by atoms with E-state index in [-0.39, 0.29) is 0 Å². The van der Waals surface area contributed by atoms with Crippen LogP contribution in [0.4, 0.5) is 0 Å². The SMILES string of the molecule is CC(C)c1ccccc1CCCCN(C)C1CCCC(N)CC1.Cc1cn(C)cn1. The van der Waals surface area contributed by atoms with Crippen molar-refractivity contribution in [1.29, 1.82) is 0 Å². The molecule has 1 fully saturated rings. The Hall–Kier alpha value is -1.65. The van der Waals surface area contributed by atoms with Crippen LogP contribution in [-0.4, -0.2) is 40.1 Å². The molecule has 3 rings (SSSR count). The average Bonchev–Trinajstić information content (AvgIpc) is 2.97. The Morgan fingerprint density at radius 2 is 1.90 bits per heavy atom. The van der Waals surface area contributed by atoms with Crippen LogP contribution in [0.25, 0.3) is 0 Å². The molecular weight excluding hydrogens is 368 g/mol. The molecule has 0 amide bonds. The highest BCUT2D eigenvalue weighted by atomic mass is 15.1. The molecule has 4 heteroatoms. The lowest BCUT2D eigenvalue weighted by atomic mass is 9.94. The van der Waals surface area contributed by atoms with Crippen LogP contribution in [0.2, 0.25) is 0 Å². The van der Waals surface area contributed by atoms with Gasteiger partial charge in [0.15, 0.2) is 0 Å². The van der Waals surface area contributed by atoms with Gasteiger partial charge in [0.2, 0.25) is 0 Å². The second-order valence-corrected chi connectivity index (χ2v) is 9.39. The molecule has 4 nitrogen and oxygen atoms in total. The van der Waals surface area contributed by atoms with Gasteiger partial charge in [-0.2, -0.15) is 0 Å². The smallest absolute Gasteiger partial charge is 0.0946 e. The molecule has 1 saturated carbocycles. The van der Waals surface area contributed by atoms with E-state index in [4.69, 9.17) is 5.73 Å². The first kappa shape index (κ1) is 24.6. The van der Waals surface area contributed by atoms with Crippen molar-refractivity contribution < 1.29 is 0 Å². The lowest BCUT2D eigenvalue weighted by Gasteiger charge is -2.27. The van der Waals surface area contributed by atoms with E-state index in [1.54, 1.807) is 11.9 Å². The molecule has 1 aliphatic carbocycles. The van der Waals surface area contributed by atoms with Gasteiger partial charge in [-0.3, -0.25) is 0 Å². The van der Waals surface area contributed by atoms with E-state index >= 15 is 0 Å². The number of hydrogen-bond donors (Lipinski definition) is 1. The summed E-state index contributed by atoms with van der Waals surface area (Å²) in [6.45, 7) is 7.79. The fourth-order valence-corrected chi connectivity index (χ4v) is 4.48. The summed E-state index contributed by atoms with van der Waals surface area (Å²) in [5.74, 6) is 0.629. The third kappa shape index (κ3) is 8.61. The van der Waals surface area contributed by atoms with Crippen molar-refractivity contribution >= 4 is 0 Å². The lowest BCUT2D eigenvalue weighted by molar-refractivity contribution is 0.216. The minimum Gasteiger partial charge on any atom is -0.340 e. The summed E-state index contributed by atoms with van der Waals surface area (Å²) in [7, 11) is 4.27. The number of imidazole rings is 1. The summed E-state index contributed by atoms with van der Waals surface area (Å²) in [6.07, 6.45) is 13.9. The Labute approximate surface area is 184 Å². The predicted octanol–water partition coefficient (Wildman–Crippen LogP) is 5.45. The Kier molecular flexibility index (Phi) is 10.6. The summed E-state index contributed by atoms with van der Waals surface area (Å²) in [5.41, 5.74) is 10.2. The molecule has 0 spiro atoms. The summed E-state index contributed by atoms with van der Waals surface area (Å²) in [6, 6.07) is 10.2. The van der Waals surface area contributed by atoms with Crippen molar-refractivity contribution in [1.82, 2.24) is 14.5 Å². The van der Waals surface area contributed by atoms with Gasteiger partial charge in [-0.05, 0) is 82.5 Å². The van der Waals surface area contributed by atoms with Crippen molar-refractivity contribution in [2.45, 2.75) is 90.1 Å². The van der Waals surface area contributed by atoms with E-state index in [9.17, 15) is 0 Å². The van der Waals surface area contributed by atoms with Crippen LogP contribution >= 0.6 is 0 Å². The van der Waals surface area contributed by atoms with Crippen molar-refractivity contribution in [2.75, 3.05) is 13.6 Å². The van der Waals surface area contributed by atoms with Gasteiger partial charge in [0.1, 0.15) is 0 Å². The van der Waals surface area contributed by atoms with E-state index in [2.05, 4.69) is 55.0 Å². The van der Waals surface area contributed by atoms with E-state index < -0.39 is 0 Å². The van der Waals surface area contributed by atoms with Crippen LogP contribution in [0.3, 0.4) is 0 Å². The molecular formula is C26H44N4. The number of rotatable bonds is 7. The third-order valence-corrected chi connectivity index (χ3v) is 6.32. The number of aryl methyl sites for hydroxylation is 3. The van der Waals surface area contributed by atoms with Crippen LogP contribution in [0, 0.1) is 6.92 Å². The maximum Gasteiger partial charge on any atom is 0.0946 e. The zero-order valence-corrected chi connectivity index (χ0v) is 20.0. The topological polar surface area (TPSA) is 47.1 Å². The van der Waals surface area contributed by atoms with E-state index in [0.717, 1.165) is 11.7 Å². The number of unbranched alkanes of at least 4 members (excludes halogenated alkanes) is 1. The van der Waals surface area contributed by atoms with Gasteiger partial charge >= 0.3 is 0 Å². The number of nitrogens with zero attached hydrogens (tertiary/aromatic N) is 3. The molecule has 1 aromatic heterocycles.